The van der Waals surface area contributed by atoms with Gasteiger partial charge >= 0.3 is 0 Å². The summed E-state index contributed by atoms with van der Waals surface area (Å²) in [6, 6.07) is 6.22. The molecular weight excluding hydrogens is 264 g/mol. The summed E-state index contributed by atoms with van der Waals surface area (Å²) in [6.07, 6.45) is 1.15. The molecule has 7 heteroatoms. The van der Waals surface area contributed by atoms with Gasteiger partial charge < -0.3 is 4.42 Å². The molecule has 0 aliphatic rings. The third-order valence-electron chi connectivity index (χ3n) is 2.11. The van der Waals surface area contributed by atoms with E-state index in [0.717, 1.165) is 6.26 Å². The molecule has 2 rings (SSSR count). The molecule has 0 amide bonds. The Morgan fingerprint density at radius 2 is 1.88 bits per heavy atom. The molecular formula is C10H9ClN2O3S. The first kappa shape index (κ1) is 12.1. The monoisotopic (exact) mass is 272 g/mol. The molecule has 0 saturated carbocycles. The number of hydrogen-bond acceptors (Lipinski definition) is 5. The van der Waals surface area contributed by atoms with Crippen LogP contribution in [0.15, 0.2) is 33.6 Å². The average molecular weight is 273 g/mol. The predicted octanol–water partition coefficient (Wildman–Crippen LogP) is 1.88. The standard InChI is InChI=1S/C10H9ClN2O3S/c1-17(14,15)8-4-2-7(3-5-8)10-13-12-9(6-11)16-10/h2-5H,6H2,1H3. The number of halogens is 1. The quantitative estimate of drug-likeness (QED) is 0.798. The molecule has 90 valence electrons. The first-order valence-electron chi connectivity index (χ1n) is 4.69. The molecule has 1 heterocycles. The Balaban J connectivity index is 2.35. The number of sulfone groups is 1. The van der Waals surface area contributed by atoms with Crippen molar-refractivity contribution < 1.29 is 12.8 Å². The van der Waals surface area contributed by atoms with Crippen molar-refractivity contribution in [2.24, 2.45) is 0 Å². The molecule has 0 aliphatic heterocycles. The number of rotatable bonds is 3. The van der Waals surface area contributed by atoms with E-state index in [2.05, 4.69) is 10.2 Å². The van der Waals surface area contributed by atoms with Gasteiger partial charge in [0.1, 0.15) is 5.88 Å². The van der Waals surface area contributed by atoms with E-state index in [1.807, 2.05) is 0 Å². The summed E-state index contributed by atoms with van der Waals surface area (Å²) in [5.41, 5.74) is 0.654. The van der Waals surface area contributed by atoms with Crippen LogP contribution in [0.1, 0.15) is 5.89 Å². The smallest absolute Gasteiger partial charge is 0.247 e. The van der Waals surface area contributed by atoms with Crippen molar-refractivity contribution in [1.29, 1.82) is 0 Å². The van der Waals surface area contributed by atoms with Crippen LogP contribution in [0.2, 0.25) is 0 Å². The summed E-state index contributed by atoms with van der Waals surface area (Å²) in [7, 11) is -3.19. The molecule has 0 aliphatic carbocycles. The Kier molecular flexibility index (Phi) is 3.17. The van der Waals surface area contributed by atoms with Crippen LogP contribution in [-0.2, 0) is 15.7 Å². The molecule has 0 unspecified atom stereocenters. The minimum Gasteiger partial charge on any atom is -0.419 e. The molecule has 0 saturated heterocycles. The van der Waals surface area contributed by atoms with Crippen molar-refractivity contribution in [2.75, 3.05) is 6.26 Å². The van der Waals surface area contributed by atoms with Crippen LogP contribution < -0.4 is 0 Å². The van der Waals surface area contributed by atoms with Crippen molar-refractivity contribution in [3.63, 3.8) is 0 Å². The molecule has 0 spiro atoms. The molecule has 5 nitrogen and oxygen atoms in total. The lowest BCUT2D eigenvalue weighted by molar-refractivity contribution is 0.527. The van der Waals surface area contributed by atoms with Crippen molar-refractivity contribution >= 4 is 21.4 Å². The number of nitrogens with zero attached hydrogens (tertiary/aromatic N) is 2. The zero-order chi connectivity index (χ0) is 12.5. The molecule has 0 fully saturated rings. The van der Waals surface area contributed by atoms with Crippen LogP contribution in [-0.4, -0.2) is 24.9 Å². The zero-order valence-electron chi connectivity index (χ0n) is 8.92. The lowest BCUT2D eigenvalue weighted by atomic mass is 10.2. The fraction of sp³-hybridized carbons (Fsp3) is 0.200. The first-order valence-corrected chi connectivity index (χ1v) is 7.12. The fourth-order valence-corrected chi connectivity index (χ4v) is 2.01. The highest BCUT2D eigenvalue weighted by atomic mass is 35.5. The SMILES string of the molecule is CS(=O)(=O)c1ccc(-c2nnc(CCl)o2)cc1. The van der Waals surface area contributed by atoms with Crippen LogP contribution in [0.5, 0.6) is 0 Å². The first-order chi connectivity index (χ1) is 8.00. The Hall–Kier alpha value is -1.40. The molecule has 0 atom stereocenters. The highest BCUT2D eigenvalue weighted by molar-refractivity contribution is 7.90. The van der Waals surface area contributed by atoms with Gasteiger partial charge in [0.2, 0.25) is 11.8 Å². The van der Waals surface area contributed by atoms with Gasteiger partial charge in [-0.3, -0.25) is 0 Å². The summed E-state index contributed by atoms with van der Waals surface area (Å²) in [5, 5.41) is 7.51. The summed E-state index contributed by atoms with van der Waals surface area (Å²) in [6.45, 7) is 0. The van der Waals surface area contributed by atoms with Gasteiger partial charge in [0.05, 0.1) is 4.90 Å². The summed E-state index contributed by atoms with van der Waals surface area (Å²) in [5.74, 6) is 0.795. The molecule has 2 aromatic rings. The summed E-state index contributed by atoms with van der Waals surface area (Å²) >= 11 is 5.54. The number of alkyl halides is 1. The van der Waals surface area contributed by atoms with Gasteiger partial charge in [0.25, 0.3) is 0 Å². The molecule has 1 aromatic heterocycles. The van der Waals surface area contributed by atoms with Crippen molar-refractivity contribution in [3.05, 3.63) is 30.2 Å². The third kappa shape index (κ3) is 2.65. The van der Waals surface area contributed by atoms with Crippen LogP contribution >= 0.6 is 11.6 Å². The van der Waals surface area contributed by atoms with Gasteiger partial charge in [-0.05, 0) is 24.3 Å². The van der Waals surface area contributed by atoms with E-state index in [4.69, 9.17) is 16.0 Å². The van der Waals surface area contributed by atoms with Gasteiger partial charge in [0.15, 0.2) is 9.84 Å². The van der Waals surface area contributed by atoms with Crippen LogP contribution in [0.3, 0.4) is 0 Å². The van der Waals surface area contributed by atoms with Crippen molar-refractivity contribution in [2.45, 2.75) is 10.8 Å². The van der Waals surface area contributed by atoms with E-state index in [0.29, 0.717) is 17.3 Å². The highest BCUT2D eigenvalue weighted by Gasteiger charge is 2.10. The highest BCUT2D eigenvalue weighted by Crippen LogP contribution is 2.20. The van der Waals surface area contributed by atoms with E-state index in [1.165, 1.54) is 12.1 Å². The number of aromatic nitrogens is 2. The Labute approximate surface area is 103 Å². The van der Waals surface area contributed by atoms with Crippen LogP contribution in [0.4, 0.5) is 0 Å². The van der Waals surface area contributed by atoms with Gasteiger partial charge in [-0.25, -0.2) is 8.42 Å². The maximum Gasteiger partial charge on any atom is 0.247 e. The van der Waals surface area contributed by atoms with E-state index in [1.54, 1.807) is 12.1 Å². The molecule has 0 N–H and O–H groups in total. The minimum atomic E-state index is -3.19. The maximum absolute atomic E-state index is 11.3. The lowest BCUT2D eigenvalue weighted by Gasteiger charge is -1.98. The second kappa shape index (κ2) is 4.46. The lowest BCUT2D eigenvalue weighted by Crippen LogP contribution is -1.96. The molecule has 0 radical (unpaired) electrons. The van der Waals surface area contributed by atoms with Gasteiger partial charge in [-0.2, -0.15) is 0 Å². The molecule has 0 bridgehead atoms. The third-order valence-corrected chi connectivity index (χ3v) is 3.47. The zero-order valence-corrected chi connectivity index (χ0v) is 10.5. The fourth-order valence-electron chi connectivity index (χ4n) is 1.27. The van der Waals surface area contributed by atoms with E-state index in [-0.39, 0.29) is 10.8 Å². The van der Waals surface area contributed by atoms with Crippen molar-refractivity contribution in [1.82, 2.24) is 10.2 Å². The van der Waals surface area contributed by atoms with E-state index >= 15 is 0 Å². The largest absolute Gasteiger partial charge is 0.419 e. The molecule has 1 aromatic carbocycles. The van der Waals surface area contributed by atoms with Crippen LogP contribution in [0.25, 0.3) is 11.5 Å². The summed E-state index contributed by atoms with van der Waals surface area (Å²) in [4.78, 5) is 0.248. The van der Waals surface area contributed by atoms with Gasteiger partial charge in [-0.1, -0.05) is 0 Å². The Morgan fingerprint density at radius 1 is 1.24 bits per heavy atom. The second-order valence-corrected chi connectivity index (χ2v) is 5.71. The average Bonchev–Trinajstić information content (AvgIpc) is 2.76. The number of hydrogen-bond donors (Lipinski definition) is 0. The van der Waals surface area contributed by atoms with Gasteiger partial charge in [0, 0.05) is 11.8 Å². The Bertz CT molecular complexity index is 619. The van der Waals surface area contributed by atoms with Crippen molar-refractivity contribution in [3.8, 4) is 11.5 Å². The van der Waals surface area contributed by atoms with Crippen LogP contribution in [0, 0.1) is 0 Å². The predicted molar refractivity (Wildman–Crippen MR) is 62.4 cm³/mol. The molecule has 17 heavy (non-hydrogen) atoms. The van der Waals surface area contributed by atoms with E-state index in [9.17, 15) is 8.42 Å². The van der Waals surface area contributed by atoms with E-state index < -0.39 is 9.84 Å². The van der Waals surface area contributed by atoms with Gasteiger partial charge in [-0.15, -0.1) is 21.8 Å². The normalized spacial score (nSPS) is 11.6. The second-order valence-electron chi connectivity index (χ2n) is 3.43. The maximum atomic E-state index is 11.3. The Morgan fingerprint density at radius 3 is 2.35 bits per heavy atom. The topological polar surface area (TPSA) is 73.1 Å². The minimum absolute atomic E-state index is 0.147. The number of benzene rings is 1. The summed E-state index contributed by atoms with van der Waals surface area (Å²) < 4.78 is 27.8.